The quantitative estimate of drug-likeness (QED) is 0.562. The molecule has 2 saturated carbocycles. The Morgan fingerprint density at radius 1 is 0.929 bits per heavy atom. The molecule has 0 bridgehead atoms. The first-order valence-corrected chi connectivity index (χ1v) is 10.6. The van der Waals surface area contributed by atoms with Gasteiger partial charge in [0.1, 0.15) is 0 Å². The van der Waals surface area contributed by atoms with E-state index in [2.05, 4.69) is 72.9 Å². The molecule has 146 valence electrons. The van der Waals surface area contributed by atoms with Crippen molar-refractivity contribution in [1.82, 2.24) is 5.43 Å². The molecule has 0 aromatic heterocycles. The van der Waals surface area contributed by atoms with Gasteiger partial charge in [0.25, 0.3) is 0 Å². The first-order chi connectivity index (χ1) is 13.6. The molecule has 4 rings (SSSR count). The van der Waals surface area contributed by atoms with Crippen LogP contribution in [-0.2, 0) is 10.2 Å². The fraction of sp³-hybridized carbons (Fsp3) is 0.440. The lowest BCUT2D eigenvalue weighted by molar-refractivity contribution is -0.122. The molecule has 28 heavy (non-hydrogen) atoms. The number of benzene rings is 2. The molecule has 0 heterocycles. The molecular formula is C25H30N2O. The predicted octanol–water partition coefficient (Wildman–Crippen LogP) is 5.44. The molecule has 2 aliphatic rings. The Labute approximate surface area is 168 Å². The zero-order chi connectivity index (χ0) is 19.6. The summed E-state index contributed by atoms with van der Waals surface area (Å²) < 4.78 is 0. The number of hydrogen-bond donors (Lipinski definition) is 1. The van der Waals surface area contributed by atoms with Gasteiger partial charge in [0.05, 0.1) is 5.92 Å². The summed E-state index contributed by atoms with van der Waals surface area (Å²) in [4.78, 5) is 13.0. The molecular weight excluding hydrogens is 344 g/mol. The number of hydrogen-bond acceptors (Lipinski definition) is 2. The van der Waals surface area contributed by atoms with Gasteiger partial charge in [-0.05, 0) is 57.1 Å². The van der Waals surface area contributed by atoms with Crippen LogP contribution in [0.15, 0.2) is 53.6 Å². The summed E-state index contributed by atoms with van der Waals surface area (Å²) >= 11 is 0. The highest BCUT2D eigenvalue weighted by atomic mass is 16.2. The summed E-state index contributed by atoms with van der Waals surface area (Å²) in [6.07, 6.45) is 7.82. The van der Waals surface area contributed by atoms with Crippen molar-refractivity contribution in [2.75, 3.05) is 0 Å². The second-order valence-corrected chi connectivity index (χ2v) is 8.54. The third-order valence-electron chi connectivity index (χ3n) is 6.35. The van der Waals surface area contributed by atoms with Gasteiger partial charge in [-0.2, -0.15) is 5.10 Å². The topological polar surface area (TPSA) is 41.5 Å². The molecule has 1 atom stereocenters. The SMILES string of the molecule is Cc1cccc(C2(c3cccc(C)c3)C[C@@H]2C(=O)NN=C2CCCCCC2)c1. The van der Waals surface area contributed by atoms with E-state index in [1.807, 2.05) is 0 Å². The molecule has 0 aliphatic heterocycles. The van der Waals surface area contributed by atoms with Crippen LogP contribution >= 0.6 is 0 Å². The van der Waals surface area contributed by atoms with Gasteiger partial charge in [-0.15, -0.1) is 0 Å². The van der Waals surface area contributed by atoms with Crippen LogP contribution < -0.4 is 5.43 Å². The van der Waals surface area contributed by atoms with Crippen LogP contribution in [0.4, 0.5) is 0 Å². The van der Waals surface area contributed by atoms with Crippen molar-refractivity contribution in [3.8, 4) is 0 Å². The van der Waals surface area contributed by atoms with Gasteiger partial charge in [0.15, 0.2) is 0 Å². The number of rotatable bonds is 4. The molecule has 0 spiro atoms. The van der Waals surface area contributed by atoms with Crippen molar-refractivity contribution >= 4 is 11.6 Å². The lowest BCUT2D eigenvalue weighted by Gasteiger charge is -2.20. The number of nitrogens with one attached hydrogen (secondary N) is 1. The average Bonchev–Trinajstić information content (AvgIpc) is 3.48. The number of carbonyl (C=O) groups excluding carboxylic acids is 1. The monoisotopic (exact) mass is 374 g/mol. The highest BCUT2D eigenvalue weighted by Crippen LogP contribution is 2.59. The zero-order valence-electron chi connectivity index (χ0n) is 17.0. The van der Waals surface area contributed by atoms with Gasteiger partial charge < -0.3 is 0 Å². The van der Waals surface area contributed by atoms with Crippen molar-refractivity contribution in [3.05, 3.63) is 70.8 Å². The first-order valence-electron chi connectivity index (χ1n) is 10.6. The standard InChI is InChI=1S/C25H30N2O/c1-18-9-7-11-20(15-18)25(21-12-8-10-19(2)16-21)17-23(25)24(28)27-26-22-13-5-3-4-6-14-22/h7-12,15-16,23H,3-6,13-14,17H2,1-2H3,(H,27,28)/t23-/m1/s1. The Hall–Kier alpha value is -2.42. The van der Waals surface area contributed by atoms with E-state index in [0.717, 1.165) is 25.0 Å². The molecule has 0 radical (unpaired) electrons. The van der Waals surface area contributed by atoms with Gasteiger partial charge in [-0.1, -0.05) is 72.5 Å². The average molecular weight is 375 g/mol. The van der Waals surface area contributed by atoms with Crippen molar-refractivity contribution in [2.45, 2.75) is 64.2 Å². The van der Waals surface area contributed by atoms with Crippen molar-refractivity contribution in [3.63, 3.8) is 0 Å². The Bertz CT molecular complexity index is 843. The second kappa shape index (κ2) is 7.90. The smallest absolute Gasteiger partial charge is 0.244 e. The van der Waals surface area contributed by atoms with E-state index >= 15 is 0 Å². The van der Waals surface area contributed by atoms with E-state index in [-0.39, 0.29) is 17.2 Å². The fourth-order valence-electron chi connectivity index (χ4n) is 4.69. The molecule has 1 N–H and O–H groups in total. The lowest BCUT2D eigenvalue weighted by Crippen LogP contribution is -2.26. The summed E-state index contributed by atoms with van der Waals surface area (Å²) in [6.45, 7) is 4.23. The molecule has 3 heteroatoms. The molecule has 1 amide bonds. The summed E-state index contributed by atoms with van der Waals surface area (Å²) in [7, 11) is 0. The normalized spacial score (nSPS) is 20.9. The number of hydrazone groups is 1. The molecule has 3 nitrogen and oxygen atoms in total. The van der Waals surface area contributed by atoms with Crippen LogP contribution in [0.25, 0.3) is 0 Å². The van der Waals surface area contributed by atoms with Crippen LogP contribution in [0.5, 0.6) is 0 Å². The van der Waals surface area contributed by atoms with Crippen LogP contribution in [0, 0.1) is 19.8 Å². The Kier molecular flexibility index (Phi) is 5.34. The van der Waals surface area contributed by atoms with Crippen LogP contribution in [0.2, 0.25) is 0 Å². The van der Waals surface area contributed by atoms with E-state index in [1.165, 1.54) is 47.9 Å². The third kappa shape index (κ3) is 3.76. The van der Waals surface area contributed by atoms with E-state index < -0.39 is 0 Å². The minimum Gasteiger partial charge on any atom is -0.273 e. The maximum atomic E-state index is 13.0. The van der Waals surface area contributed by atoms with Crippen molar-refractivity contribution in [1.29, 1.82) is 0 Å². The minimum atomic E-state index is -0.230. The van der Waals surface area contributed by atoms with E-state index in [4.69, 9.17) is 0 Å². The molecule has 0 unspecified atom stereocenters. The van der Waals surface area contributed by atoms with E-state index in [0.29, 0.717) is 0 Å². The Morgan fingerprint density at radius 3 is 2.04 bits per heavy atom. The van der Waals surface area contributed by atoms with Crippen molar-refractivity contribution < 1.29 is 4.79 Å². The zero-order valence-corrected chi connectivity index (χ0v) is 17.0. The number of carbonyl (C=O) groups is 1. The Balaban J connectivity index is 1.60. The Morgan fingerprint density at radius 2 is 1.50 bits per heavy atom. The largest absolute Gasteiger partial charge is 0.273 e. The number of nitrogens with zero attached hydrogens (tertiary/aromatic N) is 1. The summed E-state index contributed by atoms with van der Waals surface area (Å²) in [5, 5.41) is 4.51. The van der Waals surface area contributed by atoms with Crippen LogP contribution in [-0.4, -0.2) is 11.6 Å². The third-order valence-corrected chi connectivity index (χ3v) is 6.35. The molecule has 2 fully saturated rings. The first kappa shape index (κ1) is 18.9. The van der Waals surface area contributed by atoms with Crippen LogP contribution in [0.3, 0.4) is 0 Å². The molecule has 2 aromatic rings. The number of aryl methyl sites for hydroxylation is 2. The van der Waals surface area contributed by atoms with Gasteiger partial charge in [0, 0.05) is 11.1 Å². The van der Waals surface area contributed by atoms with Gasteiger partial charge in [0.2, 0.25) is 5.91 Å². The number of amides is 1. The fourth-order valence-corrected chi connectivity index (χ4v) is 4.69. The van der Waals surface area contributed by atoms with Gasteiger partial charge in [-0.3, -0.25) is 4.79 Å². The predicted molar refractivity (Wildman–Crippen MR) is 115 cm³/mol. The maximum absolute atomic E-state index is 13.0. The maximum Gasteiger partial charge on any atom is 0.244 e. The molecule has 2 aromatic carbocycles. The van der Waals surface area contributed by atoms with E-state index in [1.54, 1.807) is 0 Å². The minimum absolute atomic E-state index is 0.0553. The van der Waals surface area contributed by atoms with Crippen LogP contribution in [0.1, 0.15) is 67.2 Å². The highest BCUT2D eigenvalue weighted by Gasteiger charge is 2.60. The lowest BCUT2D eigenvalue weighted by atomic mass is 9.84. The van der Waals surface area contributed by atoms with Crippen molar-refractivity contribution in [2.24, 2.45) is 11.0 Å². The summed E-state index contributed by atoms with van der Waals surface area (Å²) in [5.74, 6) is -0.00835. The molecule has 2 aliphatic carbocycles. The summed E-state index contributed by atoms with van der Waals surface area (Å²) in [5.41, 5.74) is 8.77. The van der Waals surface area contributed by atoms with Gasteiger partial charge >= 0.3 is 0 Å². The molecule has 0 saturated heterocycles. The highest BCUT2D eigenvalue weighted by molar-refractivity contribution is 5.89. The van der Waals surface area contributed by atoms with Gasteiger partial charge in [-0.25, -0.2) is 5.43 Å². The van der Waals surface area contributed by atoms with E-state index in [9.17, 15) is 4.79 Å². The second-order valence-electron chi connectivity index (χ2n) is 8.54. The summed E-state index contributed by atoms with van der Waals surface area (Å²) in [6, 6.07) is 17.2.